The lowest BCUT2D eigenvalue weighted by Crippen LogP contribution is -2.35. The lowest BCUT2D eigenvalue weighted by molar-refractivity contribution is -0.191. The molecule has 0 aliphatic carbocycles. The molecular weight excluding hydrogens is 341 g/mol. The second-order valence-corrected chi connectivity index (χ2v) is 6.27. The van der Waals surface area contributed by atoms with Crippen LogP contribution in [0.4, 0.5) is 4.39 Å². The van der Waals surface area contributed by atoms with E-state index in [0.29, 0.717) is 22.0 Å². The molecule has 2 unspecified atom stereocenters. The molecule has 1 aromatic heterocycles. The Kier molecular flexibility index (Phi) is 4.82. The molecule has 2 aromatic rings. The maximum atomic E-state index is 14.5. The third kappa shape index (κ3) is 3.33. The molecular formula is C15H17ClFN3O2S. The van der Waals surface area contributed by atoms with Crippen LogP contribution in [-0.2, 0) is 21.8 Å². The SMILES string of the molecule is CCCC1COC(Cn2[nH]cnc2=S)(c2ccc(Cl)cc2F)O1. The molecule has 1 aromatic carbocycles. The van der Waals surface area contributed by atoms with Crippen molar-refractivity contribution in [2.24, 2.45) is 0 Å². The minimum absolute atomic E-state index is 0.0906. The van der Waals surface area contributed by atoms with E-state index < -0.39 is 11.6 Å². The van der Waals surface area contributed by atoms with Crippen LogP contribution >= 0.6 is 23.8 Å². The summed E-state index contributed by atoms with van der Waals surface area (Å²) in [5.41, 5.74) is 0.303. The monoisotopic (exact) mass is 357 g/mol. The van der Waals surface area contributed by atoms with Crippen LogP contribution in [-0.4, -0.2) is 27.5 Å². The molecule has 1 aliphatic heterocycles. The Bertz CT molecular complexity index is 750. The van der Waals surface area contributed by atoms with Gasteiger partial charge in [-0.2, -0.15) is 0 Å². The highest BCUT2D eigenvalue weighted by Crippen LogP contribution is 2.39. The maximum absolute atomic E-state index is 14.5. The minimum Gasteiger partial charge on any atom is -0.342 e. The van der Waals surface area contributed by atoms with Crippen LogP contribution in [0.5, 0.6) is 0 Å². The summed E-state index contributed by atoms with van der Waals surface area (Å²) < 4.78 is 28.5. The Morgan fingerprint density at radius 3 is 3.04 bits per heavy atom. The van der Waals surface area contributed by atoms with E-state index in [-0.39, 0.29) is 12.6 Å². The average molecular weight is 358 g/mol. The molecule has 124 valence electrons. The molecule has 2 heterocycles. The van der Waals surface area contributed by atoms with Crippen LogP contribution in [0.3, 0.4) is 0 Å². The van der Waals surface area contributed by atoms with Crippen molar-refractivity contribution in [2.75, 3.05) is 6.61 Å². The second-order valence-electron chi connectivity index (χ2n) is 5.47. The third-order valence-corrected chi connectivity index (χ3v) is 4.36. The van der Waals surface area contributed by atoms with Gasteiger partial charge in [0.2, 0.25) is 10.6 Å². The van der Waals surface area contributed by atoms with Crippen molar-refractivity contribution in [3.05, 3.63) is 45.7 Å². The number of aromatic nitrogens is 3. The molecule has 5 nitrogen and oxygen atoms in total. The number of ether oxygens (including phenoxy) is 2. The number of hydrogen-bond acceptors (Lipinski definition) is 4. The van der Waals surface area contributed by atoms with Crippen LogP contribution in [0, 0.1) is 10.6 Å². The smallest absolute Gasteiger partial charge is 0.218 e. The first kappa shape index (κ1) is 16.6. The average Bonchev–Trinajstić information content (AvgIpc) is 3.08. The van der Waals surface area contributed by atoms with Crippen molar-refractivity contribution in [1.29, 1.82) is 0 Å². The van der Waals surface area contributed by atoms with Gasteiger partial charge in [-0.15, -0.1) is 0 Å². The lowest BCUT2D eigenvalue weighted by Gasteiger charge is -2.29. The zero-order valence-electron chi connectivity index (χ0n) is 12.6. The molecule has 1 aliphatic rings. The predicted molar refractivity (Wildman–Crippen MR) is 86.2 cm³/mol. The van der Waals surface area contributed by atoms with Crippen LogP contribution in [0.1, 0.15) is 25.3 Å². The fraction of sp³-hybridized carbons (Fsp3) is 0.467. The topological polar surface area (TPSA) is 52.1 Å². The highest BCUT2D eigenvalue weighted by molar-refractivity contribution is 7.71. The van der Waals surface area contributed by atoms with Gasteiger partial charge in [-0.1, -0.05) is 24.9 Å². The van der Waals surface area contributed by atoms with Gasteiger partial charge in [0.15, 0.2) is 0 Å². The van der Waals surface area contributed by atoms with E-state index in [0.717, 1.165) is 12.8 Å². The van der Waals surface area contributed by atoms with Crippen molar-refractivity contribution < 1.29 is 13.9 Å². The number of rotatable bonds is 5. The van der Waals surface area contributed by atoms with Gasteiger partial charge >= 0.3 is 0 Å². The molecule has 1 saturated heterocycles. The molecule has 23 heavy (non-hydrogen) atoms. The maximum Gasteiger partial charge on any atom is 0.218 e. The Hall–Kier alpha value is -1.28. The summed E-state index contributed by atoms with van der Waals surface area (Å²) in [6.07, 6.45) is 3.18. The predicted octanol–water partition coefficient (Wildman–Crippen LogP) is 3.80. The summed E-state index contributed by atoms with van der Waals surface area (Å²) in [7, 11) is 0. The fourth-order valence-corrected chi connectivity index (χ4v) is 3.07. The Morgan fingerprint density at radius 1 is 1.57 bits per heavy atom. The Labute approximate surface area is 143 Å². The number of halogens is 2. The number of benzene rings is 1. The van der Waals surface area contributed by atoms with E-state index >= 15 is 0 Å². The number of hydrogen-bond donors (Lipinski definition) is 1. The largest absolute Gasteiger partial charge is 0.342 e. The van der Waals surface area contributed by atoms with Gasteiger partial charge in [-0.25, -0.2) is 9.37 Å². The number of aromatic amines is 1. The normalized spacial score (nSPS) is 24.2. The van der Waals surface area contributed by atoms with E-state index in [2.05, 4.69) is 17.0 Å². The van der Waals surface area contributed by atoms with Gasteiger partial charge in [0.1, 0.15) is 18.7 Å². The molecule has 0 saturated carbocycles. The molecule has 0 spiro atoms. The summed E-state index contributed by atoms with van der Waals surface area (Å²) >= 11 is 11.0. The summed E-state index contributed by atoms with van der Waals surface area (Å²) in [6.45, 7) is 2.65. The molecule has 1 fully saturated rings. The highest BCUT2D eigenvalue weighted by atomic mass is 35.5. The first-order chi connectivity index (χ1) is 11.0. The summed E-state index contributed by atoms with van der Waals surface area (Å²) in [5.74, 6) is -1.72. The van der Waals surface area contributed by atoms with Crippen LogP contribution < -0.4 is 0 Å². The van der Waals surface area contributed by atoms with E-state index in [4.69, 9.17) is 33.3 Å². The van der Waals surface area contributed by atoms with Crippen molar-refractivity contribution >= 4 is 23.8 Å². The van der Waals surface area contributed by atoms with E-state index in [1.165, 1.54) is 12.4 Å². The van der Waals surface area contributed by atoms with E-state index in [1.54, 1.807) is 16.8 Å². The van der Waals surface area contributed by atoms with Crippen molar-refractivity contribution in [3.8, 4) is 0 Å². The third-order valence-electron chi connectivity index (χ3n) is 3.80. The first-order valence-electron chi connectivity index (χ1n) is 7.41. The van der Waals surface area contributed by atoms with Gasteiger partial charge in [0.05, 0.1) is 12.7 Å². The summed E-state index contributed by atoms with van der Waals surface area (Å²) in [4.78, 5) is 3.97. The van der Waals surface area contributed by atoms with Gasteiger partial charge < -0.3 is 9.47 Å². The van der Waals surface area contributed by atoms with Crippen LogP contribution in [0.15, 0.2) is 24.5 Å². The number of nitrogens with zero attached hydrogens (tertiary/aromatic N) is 2. The number of nitrogens with one attached hydrogen (secondary N) is 1. The fourth-order valence-electron chi connectivity index (χ4n) is 2.74. The first-order valence-corrected chi connectivity index (χ1v) is 8.20. The lowest BCUT2D eigenvalue weighted by atomic mass is 10.0. The van der Waals surface area contributed by atoms with Gasteiger partial charge in [-0.3, -0.25) is 9.78 Å². The second kappa shape index (κ2) is 6.68. The van der Waals surface area contributed by atoms with Crippen molar-refractivity contribution in [1.82, 2.24) is 14.8 Å². The molecule has 3 rings (SSSR count). The minimum atomic E-state index is -1.25. The zero-order chi connectivity index (χ0) is 16.4. The number of H-pyrrole nitrogens is 1. The van der Waals surface area contributed by atoms with E-state index in [1.807, 2.05) is 0 Å². The standard InChI is InChI=1S/C15H17ClFN3O2S/c1-2-3-11-7-21-15(22-11,8-20-14(23)18-9-19-20)12-5-4-10(16)6-13(12)17/h4-6,9,11H,2-3,7-8H2,1H3,(H,18,19,23). The van der Waals surface area contributed by atoms with Crippen molar-refractivity contribution in [3.63, 3.8) is 0 Å². The zero-order valence-corrected chi connectivity index (χ0v) is 14.2. The van der Waals surface area contributed by atoms with Gasteiger partial charge in [0.25, 0.3) is 0 Å². The molecule has 8 heteroatoms. The van der Waals surface area contributed by atoms with Crippen LogP contribution in [0.2, 0.25) is 5.02 Å². The quantitative estimate of drug-likeness (QED) is 0.827. The highest BCUT2D eigenvalue weighted by Gasteiger charge is 2.45. The molecule has 2 atom stereocenters. The summed E-state index contributed by atoms with van der Waals surface area (Å²) in [6, 6.07) is 4.46. The molecule has 0 amide bonds. The van der Waals surface area contributed by atoms with Crippen LogP contribution in [0.25, 0.3) is 0 Å². The van der Waals surface area contributed by atoms with E-state index in [9.17, 15) is 4.39 Å². The molecule has 1 N–H and O–H groups in total. The Balaban J connectivity index is 2.00. The van der Waals surface area contributed by atoms with Gasteiger partial charge in [0, 0.05) is 10.6 Å². The van der Waals surface area contributed by atoms with Crippen molar-refractivity contribution in [2.45, 2.75) is 38.2 Å². The Morgan fingerprint density at radius 2 is 2.39 bits per heavy atom. The molecule has 0 radical (unpaired) electrons. The van der Waals surface area contributed by atoms with Gasteiger partial charge in [-0.05, 0) is 36.8 Å². The summed E-state index contributed by atoms with van der Waals surface area (Å²) in [5, 5.41) is 3.22. The molecule has 0 bridgehead atoms.